The number of hydrogen-bond acceptors (Lipinski definition) is 4. The van der Waals surface area contributed by atoms with Gasteiger partial charge in [0.15, 0.2) is 5.69 Å². The molecule has 2 aromatic carbocycles. The first-order valence-corrected chi connectivity index (χ1v) is 12.9. The largest absolute Gasteiger partial charge is 0.364 e. The molecule has 0 bridgehead atoms. The van der Waals surface area contributed by atoms with Crippen molar-refractivity contribution in [3.8, 4) is 0 Å². The molecule has 1 saturated heterocycles. The van der Waals surface area contributed by atoms with Crippen molar-refractivity contribution in [2.45, 2.75) is 69.1 Å². The summed E-state index contributed by atoms with van der Waals surface area (Å²) in [7, 11) is 0. The molecule has 3 aromatic rings. The van der Waals surface area contributed by atoms with E-state index in [2.05, 4.69) is 34.7 Å². The zero-order chi connectivity index (χ0) is 24.8. The Balaban J connectivity index is 1.16. The minimum atomic E-state index is -0.626. The number of para-hydroxylation sites is 1. The second kappa shape index (κ2) is 9.08. The van der Waals surface area contributed by atoms with Crippen LogP contribution in [0.3, 0.4) is 0 Å². The normalized spacial score (nSPS) is 27.0. The molecule has 2 aliphatic carbocycles. The van der Waals surface area contributed by atoms with Crippen LogP contribution >= 0.6 is 0 Å². The lowest BCUT2D eigenvalue weighted by Crippen LogP contribution is -2.51. The third kappa shape index (κ3) is 4.14. The van der Waals surface area contributed by atoms with E-state index >= 15 is 0 Å². The van der Waals surface area contributed by atoms with Gasteiger partial charge in [-0.1, -0.05) is 55.0 Å². The highest BCUT2D eigenvalue weighted by molar-refractivity contribution is 6.04. The molecule has 1 unspecified atom stereocenters. The van der Waals surface area contributed by atoms with Crippen LogP contribution < -0.4 is 11.1 Å². The zero-order valence-electron chi connectivity index (χ0n) is 20.2. The Labute approximate surface area is 209 Å². The minimum Gasteiger partial charge on any atom is -0.364 e. The monoisotopic (exact) mass is 485 g/mol. The molecule has 8 nitrogen and oxygen atoms in total. The van der Waals surface area contributed by atoms with Gasteiger partial charge in [-0.05, 0) is 55.6 Å². The Kier molecular flexibility index (Phi) is 5.74. The molecular weight excluding hydrogens is 454 g/mol. The highest BCUT2D eigenvalue weighted by Gasteiger charge is 2.56. The van der Waals surface area contributed by atoms with Crippen molar-refractivity contribution in [3.05, 3.63) is 65.9 Å². The van der Waals surface area contributed by atoms with E-state index in [0.717, 1.165) is 32.1 Å². The van der Waals surface area contributed by atoms with Crippen molar-refractivity contribution in [1.82, 2.24) is 20.0 Å². The average molecular weight is 486 g/mol. The molecule has 3 amide bonds. The molecule has 3 fully saturated rings. The molecule has 2 heterocycles. The van der Waals surface area contributed by atoms with E-state index in [1.807, 2.05) is 24.3 Å². The summed E-state index contributed by atoms with van der Waals surface area (Å²) < 4.78 is 1.54. The lowest BCUT2D eigenvalue weighted by Gasteiger charge is -2.33. The number of primary amides is 1. The fraction of sp³-hybridized carbons (Fsp3) is 0.429. The predicted octanol–water partition coefficient (Wildman–Crippen LogP) is 2.97. The average Bonchev–Trinajstić information content (AvgIpc) is 3.39. The van der Waals surface area contributed by atoms with E-state index in [0.29, 0.717) is 29.2 Å². The van der Waals surface area contributed by atoms with Crippen LogP contribution in [0.1, 0.15) is 60.5 Å². The van der Waals surface area contributed by atoms with Crippen molar-refractivity contribution in [2.75, 3.05) is 0 Å². The highest BCUT2D eigenvalue weighted by atomic mass is 16.2. The lowest BCUT2D eigenvalue weighted by atomic mass is 9.81. The summed E-state index contributed by atoms with van der Waals surface area (Å²) in [6.45, 7) is -0.0275. The summed E-state index contributed by atoms with van der Waals surface area (Å²) in [6.07, 6.45) is 5.78. The number of nitrogens with one attached hydrogen (secondary N) is 1. The molecule has 2 saturated carbocycles. The summed E-state index contributed by atoms with van der Waals surface area (Å²) in [5, 5.41) is 8.24. The second-order valence-electron chi connectivity index (χ2n) is 10.5. The lowest BCUT2D eigenvalue weighted by molar-refractivity contribution is -0.140. The number of nitrogens with zero attached hydrogens (tertiary/aromatic N) is 3. The van der Waals surface area contributed by atoms with Gasteiger partial charge in [0.05, 0.1) is 5.52 Å². The maximum absolute atomic E-state index is 13.5. The van der Waals surface area contributed by atoms with Gasteiger partial charge < -0.3 is 16.0 Å². The highest BCUT2D eigenvalue weighted by Crippen LogP contribution is 2.48. The first-order chi connectivity index (χ1) is 17.5. The Hall–Kier alpha value is -3.68. The number of carbonyl (C=O) groups is 3. The molecule has 8 heteroatoms. The Bertz CT molecular complexity index is 1320. The third-order valence-electron chi connectivity index (χ3n) is 8.16. The molecule has 6 rings (SSSR count). The van der Waals surface area contributed by atoms with Crippen molar-refractivity contribution in [1.29, 1.82) is 0 Å². The Morgan fingerprint density at radius 3 is 2.56 bits per heavy atom. The molecule has 1 aliphatic heterocycles. The van der Waals surface area contributed by atoms with E-state index < -0.39 is 11.9 Å². The van der Waals surface area contributed by atoms with Crippen molar-refractivity contribution < 1.29 is 14.4 Å². The topological polar surface area (TPSA) is 110 Å². The maximum atomic E-state index is 13.5. The van der Waals surface area contributed by atoms with Gasteiger partial charge in [0.2, 0.25) is 11.8 Å². The van der Waals surface area contributed by atoms with E-state index in [-0.39, 0.29) is 36.1 Å². The van der Waals surface area contributed by atoms with E-state index in [1.165, 1.54) is 10.2 Å². The molecule has 3 N–H and O–H groups in total. The standard InChI is InChI=1S/C28H31N5O3/c29-27(35)26-21-11-4-5-12-22(21)32(31-26)16-25(34)33-23-14-19(23)15-24(33)28(36)30-20-10-6-9-18(13-20)17-7-2-1-3-8-17/h1-5,7-8,11-12,18-20,23-24H,6,9-10,13-16H2,(H2,29,35)(H,30,36)/t18-,19-,20?,23-,24+/m1/s1. The Morgan fingerprint density at radius 1 is 0.972 bits per heavy atom. The molecule has 5 atom stereocenters. The number of aromatic nitrogens is 2. The van der Waals surface area contributed by atoms with Crippen molar-refractivity contribution in [3.63, 3.8) is 0 Å². The number of likely N-dealkylation sites (tertiary alicyclic amines) is 1. The number of benzene rings is 2. The SMILES string of the molecule is NC(=O)c1nn(CC(=O)N2[C@@H]3C[C@@H]3C[C@H]2C(=O)NC2CCC[C@@H](c3ccccc3)C2)c2ccccc12. The molecule has 186 valence electrons. The van der Waals surface area contributed by atoms with E-state index in [9.17, 15) is 14.4 Å². The second-order valence-corrected chi connectivity index (χ2v) is 10.5. The molecule has 0 spiro atoms. The van der Waals surface area contributed by atoms with Gasteiger partial charge in [-0.3, -0.25) is 19.1 Å². The first-order valence-electron chi connectivity index (χ1n) is 12.9. The minimum absolute atomic E-state index is 0.0275. The summed E-state index contributed by atoms with van der Waals surface area (Å²) in [6, 6.07) is 17.6. The summed E-state index contributed by atoms with van der Waals surface area (Å²) in [5.74, 6) is 0.0307. The smallest absolute Gasteiger partial charge is 0.269 e. The number of nitrogens with two attached hydrogens (primary N) is 1. The van der Waals surface area contributed by atoms with Gasteiger partial charge in [-0.25, -0.2) is 0 Å². The zero-order valence-corrected chi connectivity index (χ0v) is 20.2. The van der Waals surface area contributed by atoms with Gasteiger partial charge in [-0.2, -0.15) is 5.10 Å². The number of fused-ring (bicyclic) bond motifs is 2. The van der Waals surface area contributed by atoms with Crippen molar-refractivity contribution in [2.24, 2.45) is 11.7 Å². The van der Waals surface area contributed by atoms with Crippen LogP contribution in [0, 0.1) is 5.92 Å². The predicted molar refractivity (Wildman–Crippen MR) is 135 cm³/mol. The van der Waals surface area contributed by atoms with Crippen LogP contribution in [-0.4, -0.2) is 50.5 Å². The molecular formula is C28H31N5O3. The summed E-state index contributed by atoms with van der Waals surface area (Å²) >= 11 is 0. The van der Waals surface area contributed by atoms with Crippen LogP contribution in [0.5, 0.6) is 0 Å². The number of carbonyl (C=O) groups excluding carboxylic acids is 3. The quantitative estimate of drug-likeness (QED) is 0.559. The van der Waals surface area contributed by atoms with Gasteiger partial charge in [0, 0.05) is 17.5 Å². The summed E-state index contributed by atoms with van der Waals surface area (Å²) in [5.41, 5.74) is 7.68. The molecule has 3 aliphatic rings. The number of rotatable bonds is 6. The van der Waals surface area contributed by atoms with Crippen LogP contribution in [0.25, 0.3) is 10.9 Å². The number of amides is 3. The maximum Gasteiger partial charge on any atom is 0.269 e. The molecule has 0 radical (unpaired) electrons. The van der Waals surface area contributed by atoms with Gasteiger partial charge in [-0.15, -0.1) is 0 Å². The molecule has 1 aromatic heterocycles. The first kappa shape index (κ1) is 22.8. The fourth-order valence-corrected chi connectivity index (χ4v) is 6.34. The van der Waals surface area contributed by atoms with Crippen LogP contribution in [0.15, 0.2) is 54.6 Å². The van der Waals surface area contributed by atoms with Crippen molar-refractivity contribution >= 4 is 28.6 Å². The third-order valence-corrected chi connectivity index (χ3v) is 8.16. The Morgan fingerprint density at radius 2 is 1.75 bits per heavy atom. The molecule has 36 heavy (non-hydrogen) atoms. The summed E-state index contributed by atoms with van der Waals surface area (Å²) in [4.78, 5) is 40.5. The van der Waals surface area contributed by atoms with Gasteiger partial charge >= 0.3 is 0 Å². The van der Waals surface area contributed by atoms with Crippen LogP contribution in [-0.2, 0) is 16.1 Å². The van der Waals surface area contributed by atoms with Gasteiger partial charge in [0.25, 0.3) is 5.91 Å². The number of piperidine rings is 1. The number of hydrogen-bond donors (Lipinski definition) is 2. The fourth-order valence-electron chi connectivity index (χ4n) is 6.34. The van der Waals surface area contributed by atoms with E-state index in [1.54, 1.807) is 11.0 Å². The van der Waals surface area contributed by atoms with E-state index in [4.69, 9.17) is 5.73 Å². The van der Waals surface area contributed by atoms with Crippen LogP contribution in [0.4, 0.5) is 0 Å². The van der Waals surface area contributed by atoms with Gasteiger partial charge in [0.1, 0.15) is 12.6 Å². The van der Waals surface area contributed by atoms with Crippen LogP contribution in [0.2, 0.25) is 0 Å².